The van der Waals surface area contributed by atoms with Crippen molar-refractivity contribution in [2.45, 2.75) is 52.4 Å². The smallest absolute Gasteiger partial charge is 0.168 e. The van der Waals surface area contributed by atoms with Crippen LogP contribution in [-0.2, 0) is 6.42 Å². The Kier molecular flexibility index (Phi) is 3.66. The van der Waals surface area contributed by atoms with Gasteiger partial charge in [-0.25, -0.2) is 0 Å². The fourth-order valence-electron chi connectivity index (χ4n) is 2.99. The van der Waals surface area contributed by atoms with Crippen molar-refractivity contribution in [1.29, 1.82) is 0 Å². The van der Waals surface area contributed by atoms with Crippen molar-refractivity contribution in [3.63, 3.8) is 0 Å². The minimum Gasteiger partial charge on any atom is -0.294 e. The Morgan fingerprint density at radius 3 is 2.18 bits per heavy atom. The molecule has 1 aliphatic rings. The van der Waals surface area contributed by atoms with Crippen molar-refractivity contribution >= 4 is 5.78 Å². The van der Waals surface area contributed by atoms with Gasteiger partial charge in [0, 0.05) is 11.0 Å². The van der Waals surface area contributed by atoms with Crippen molar-refractivity contribution in [1.82, 2.24) is 0 Å². The predicted molar refractivity (Wildman–Crippen MR) is 71.3 cm³/mol. The summed E-state index contributed by atoms with van der Waals surface area (Å²) >= 11 is 0. The van der Waals surface area contributed by atoms with Gasteiger partial charge < -0.3 is 0 Å². The fourth-order valence-corrected chi connectivity index (χ4v) is 2.99. The second kappa shape index (κ2) is 5.03. The maximum Gasteiger partial charge on any atom is 0.168 e. The van der Waals surface area contributed by atoms with E-state index in [0.29, 0.717) is 5.78 Å². The van der Waals surface area contributed by atoms with Crippen LogP contribution in [0.4, 0.5) is 0 Å². The average Bonchev–Trinajstić information content (AvgIpc) is 2.88. The average molecular weight is 230 g/mol. The molecule has 2 rings (SSSR count). The molecular formula is C16H22O. The maximum atomic E-state index is 12.6. The van der Waals surface area contributed by atoms with Crippen molar-refractivity contribution in [2.75, 3.05) is 0 Å². The minimum atomic E-state index is -0.0479. The van der Waals surface area contributed by atoms with Gasteiger partial charge in [0.25, 0.3) is 0 Å². The van der Waals surface area contributed by atoms with E-state index in [1.807, 2.05) is 12.1 Å². The van der Waals surface area contributed by atoms with Crippen molar-refractivity contribution in [2.24, 2.45) is 5.41 Å². The number of carbonyl (C=O) groups excluding carboxylic acids is 1. The molecular weight excluding hydrogens is 208 g/mol. The second-order valence-corrected chi connectivity index (χ2v) is 5.22. The Hall–Kier alpha value is -1.11. The van der Waals surface area contributed by atoms with E-state index < -0.39 is 0 Å². The van der Waals surface area contributed by atoms with Crippen LogP contribution in [0.25, 0.3) is 0 Å². The van der Waals surface area contributed by atoms with Gasteiger partial charge in [0.05, 0.1) is 0 Å². The first-order valence-corrected chi connectivity index (χ1v) is 6.85. The van der Waals surface area contributed by atoms with Crippen LogP contribution in [-0.4, -0.2) is 5.78 Å². The molecule has 0 N–H and O–H groups in total. The van der Waals surface area contributed by atoms with Crippen LogP contribution in [0.1, 0.15) is 61.9 Å². The quantitative estimate of drug-likeness (QED) is 0.700. The first kappa shape index (κ1) is 12.3. The van der Waals surface area contributed by atoms with Gasteiger partial charge >= 0.3 is 0 Å². The monoisotopic (exact) mass is 230 g/mol. The summed E-state index contributed by atoms with van der Waals surface area (Å²) in [5.41, 5.74) is 2.16. The SMILES string of the molecule is CCc1ccc(C(=O)C2(CC)CCCC2)cc1. The summed E-state index contributed by atoms with van der Waals surface area (Å²) in [4.78, 5) is 12.6. The molecule has 0 bridgehead atoms. The Morgan fingerprint density at radius 1 is 1.12 bits per heavy atom. The van der Waals surface area contributed by atoms with Gasteiger partial charge in [0.15, 0.2) is 5.78 Å². The molecule has 1 aromatic rings. The number of benzene rings is 1. The first-order chi connectivity index (χ1) is 8.22. The van der Waals surface area contributed by atoms with E-state index in [-0.39, 0.29) is 5.41 Å². The van der Waals surface area contributed by atoms with Gasteiger partial charge in [-0.1, -0.05) is 51.0 Å². The molecule has 1 fully saturated rings. The molecule has 1 saturated carbocycles. The van der Waals surface area contributed by atoms with E-state index in [2.05, 4.69) is 26.0 Å². The third-order valence-corrected chi connectivity index (χ3v) is 4.34. The molecule has 0 atom stereocenters. The largest absolute Gasteiger partial charge is 0.294 e. The Bertz CT molecular complexity index is 382. The number of Topliss-reactive ketones (excluding diaryl/α,β-unsaturated/α-hetero) is 1. The number of ketones is 1. The zero-order valence-corrected chi connectivity index (χ0v) is 11.0. The summed E-state index contributed by atoms with van der Waals surface area (Å²) in [5, 5.41) is 0. The molecule has 1 nitrogen and oxygen atoms in total. The molecule has 1 aliphatic carbocycles. The normalized spacial score (nSPS) is 18.2. The molecule has 1 aromatic carbocycles. The third kappa shape index (κ3) is 2.29. The van der Waals surface area contributed by atoms with Gasteiger partial charge in [-0.2, -0.15) is 0 Å². The van der Waals surface area contributed by atoms with Gasteiger partial charge in [0.2, 0.25) is 0 Å². The molecule has 0 spiro atoms. The molecule has 0 saturated heterocycles. The Balaban J connectivity index is 2.23. The number of hydrogen-bond donors (Lipinski definition) is 0. The highest BCUT2D eigenvalue weighted by Gasteiger charge is 2.39. The highest BCUT2D eigenvalue weighted by Crippen LogP contribution is 2.43. The Morgan fingerprint density at radius 2 is 1.71 bits per heavy atom. The highest BCUT2D eigenvalue weighted by molar-refractivity contribution is 6.00. The van der Waals surface area contributed by atoms with Crippen molar-refractivity contribution in [3.05, 3.63) is 35.4 Å². The molecule has 1 heteroatoms. The van der Waals surface area contributed by atoms with Crippen molar-refractivity contribution < 1.29 is 4.79 Å². The summed E-state index contributed by atoms with van der Waals surface area (Å²) in [7, 11) is 0. The lowest BCUT2D eigenvalue weighted by Gasteiger charge is -2.25. The van der Waals surface area contributed by atoms with Crippen molar-refractivity contribution in [3.8, 4) is 0 Å². The van der Waals surface area contributed by atoms with E-state index in [0.717, 1.165) is 31.2 Å². The summed E-state index contributed by atoms with van der Waals surface area (Å²) in [6.45, 7) is 4.30. The molecule has 0 aliphatic heterocycles. The molecule has 0 aromatic heterocycles. The standard InChI is InChI=1S/C16H22O/c1-3-13-7-9-14(10-8-13)15(17)16(4-2)11-5-6-12-16/h7-10H,3-6,11-12H2,1-2H3. The summed E-state index contributed by atoms with van der Waals surface area (Å²) in [6, 6.07) is 8.20. The van der Waals surface area contributed by atoms with Crippen LogP contribution in [0.2, 0.25) is 0 Å². The number of rotatable bonds is 4. The zero-order chi connectivity index (χ0) is 12.3. The van der Waals surface area contributed by atoms with Crippen LogP contribution in [0, 0.1) is 5.41 Å². The lowest BCUT2D eigenvalue weighted by molar-refractivity contribution is 0.0791. The van der Waals surface area contributed by atoms with E-state index in [1.54, 1.807) is 0 Å². The lowest BCUT2D eigenvalue weighted by atomic mass is 9.76. The van der Waals surface area contributed by atoms with Crippen LogP contribution >= 0.6 is 0 Å². The highest BCUT2D eigenvalue weighted by atomic mass is 16.1. The number of carbonyl (C=O) groups is 1. The Labute approximate surface area is 104 Å². The number of aryl methyl sites for hydroxylation is 1. The fraction of sp³-hybridized carbons (Fsp3) is 0.562. The topological polar surface area (TPSA) is 17.1 Å². The summed E-state index contributed by atoms with van der Waals surface area (Å²) in [5.74, 6) is 0.375. The van der Waals surface area contributed by atoms with Gasteiger partial charge in [-0.05, 0) is 31.2 Å². The van der Waals surface area contributed by atoms with Crippen LogP contribution < -0.4 is 0 Å². The molecule has 17 heavy (non-hydrogen) atoms. The van der Waals surface area contributed by atoms with E-state index >= 15 is 0 Å². The second-order valence-electron chi connectivity index (χ2n) is 5.22. The van der Waals surface area contributed by atoms with Gasteiger partial charge in [-0.3, -0.25) is 4.79 Å². The van der Waals surface area contributed by atoms with Gasteiger partial charge in [-0.15, -0.1) is 0 Å². The van der Waals surface area contributed by atoms with Gasteiger partial charge in [0.1, 0.15) is 0 Å². The summed E-state index contributed by atoms with van der Waals surface area (Å²) < 4.78 is 0. The maximum absolute atomic E-state index is 12.6. The first-order valence-electron chi connectivity index (χ1n) is 6.85. The predicted octanol–water partition coefficient (Wildman–Crippen LogP) is 4.40. The van der Waals surface area contributed by atoms with Crippen LogP contribution in [0.3, 0.4) is 0 Å². The third-order valence-electron chi connectivity index (χ3n) is 4.34. The lowest BCUT2D eigenvalue weighted by Crippen LogP contribution is -2.27. The van der Waals surface area contributed by atoms with Crippen LogP contribution in [0.15, 0.2) is 24.3 Å². The summed E-state index contributed by atoms with van der Waals surface area (Å²) in [6.07, 6.45) is 6.61. The molecule has 0 amide bonds. The number of hydrogen-bond acceptors (Lipinski definition) is 1. The zero-order valence-electron chi connectivity index (χ0n) is 11.0. The van der Waals surface area contributed by atoms with E-state index in [9.17, 15) is 4.79 Å². The molecule has 0 heterocycles. The molecule has 0 radical (unpaired) electrons. The molecule has 92 valence electrons. The van der Waals surface area contributed by atoms with E-state index in [1.165, 1.54) is 18.4 Å². The minimum absolute atomic E-state index is 0.0479. The van der Waals surface area contributed by atoms with Crippen LogP contribution in [0.5, 0.6) is 0 Å². The van der Waals surface area contributed by atoms with E-state index in [4.69, 9.17) is 0 Å². The molecule has 0 unspecified atom stereocenters.